The Bertz CT molecular complexity index is 1110. The summed E-state index contributed by atoms with van der Waals surface area (Å²) < 4.78 is 0. The van der Waals surface area contributed by atoms with Crippen LogP contribution >= 0.6 is 0 Å². The number of nitrogens with zero attached hydrogens (tertiary/aromatic N) is 2. The summed E-state index contributed by atoms with van der Waals surface area (Å²) in [5.74, 6) is -0.140. The largest absolute Gasteiger partial charge is 0.373 e. The second-order valence-electron chi connectivity index (χ2n) is 7.10. The summed E-state index contributed by atoms with van der Waals surface area (Å²) in [6.07, 6.45) is 8.08. The van der Waals surface area contributed by atoms with Crippen LogP contribution in [0.25, 0.3) is 12.2 Å². The predicted molar refractivity (Wildman–Crippen MR) is 119 cm³/mol. The molecule has 0 fully saturated rings. The number of pyridine rings is 2. The normalized spacial score (nSPS) is 11.0. The summed E-state index contributed by atoms with van der Waals surface area (Å²) >= 11 is 0. The Morgan fingerprint density at radius 2 is 1.79 bits per heavy atom. The lowest BCUT2D eigenvalue weighted by molar-refractivity contribution is 0.103. The van der Waals surface area contributed by atoms with Gasteiger partial charge >= 0.3 is 0 Å². The van der Waals surface area contributed by atoms with Gasteiger partial charge in [0.2, 0.25) is 0 Å². The van der Waals surface area contributed by atoms with E-state index in [0.717, 1.165) is 22.4 Å². The van der Waals surface area contributed by atoms with Crippen molar-refractivity contribution in [2.45, 2.75) is 20.3 Å². The molecule has 5 nitrogen and oxygen atoms in total. The molecule has 0 saturated carbocycles. The van der Waals surface area contributed by atoms with Crippen LogP contribution in [0.3, 0.4) is 0 Å². The molecule has 0 bridgehead atoms. The van der Waals surface area contributed by atoms with Crippen LogP contribution in [0.2, 0.25) is 0 Å². The van der Waals surface area contributed by atoms with E-state index in [4.69, 9.17) is 0 Å². The summed E-state index contributed by atoms with van der Waals surface area (Å²) in [5, 5.41) is 0. The second kappa shape index (κ2) is 8.69. The highest BCUT2D eigenvalue weighted by Gasteiger charge is 2.23. The highest BCUT2D eigenvalue weighted by molar-refractivity contribution is 6.13. The zero-order valence-electron chi connectivity index (χ0n) is 17.2. The average molecular weight is 387 g/mol. The molecule has 0 aliphatic rings. The number of carbonyl (C=O) groups excluding carboxylic acids is 1. The highest BCUT2D eigenvalue weighted by Crippen LogP contribution is 2.25. The number of aromatic amines is 1. The lowest BCUT2D eigenvalue weighted by Crippen LogP contribution is -2.27. The van der Waals surface area contributed by atoms with Gasteiger partial charge in [0.25, 0.3) is 5.56 Å². The van der Waals surface area contributed by atoms with E-state index in [0.29, 0.717) is 23.2 Å². The fraction of sp³-hybridized carbons (Fsp3) is 0.208. The fourth-order valence-electron chi connectivity index (χ4n) is 3.46. The summed E-state index contributed by atoms with van der Waals surface area (Å²) in [4.78, 5) is 34.6. The molecule has 0 aliphatic heterocycles. The van der Waals surface area contributed by atoms with Gasteiger partial charge in [-0.1, -0.05) is 37.3 Å². The van der Waals surface area contributed by atoms with Crippen molar-refractivity contribution >= 4 is 23.6 Å². The number of ketones is 1. The Morgan fingerprint density at radius 1 is 1.10 bits per heavy atom. The smallest absolute Gasteiger partial charge is 0.272 e. The Labute approximate surface area is 170 Å². The summed E-state index contributed by atoms with van der Waals surface area (Å²) in [5.41, 5.74) is 4.75. The highest BCUT2D eigenvalue weighted by atomic mass is 16.1. The molecule has 5 heteroatoms. The van der Waals surface area contributed by atoms with Crippen molar-refractivity contribution in [2.24, 2.45) is 0 Å². The number of rotatable bonds is 6. The predicted octanol–water partition coefficient (Wildman–Crippen LogP) is 4.11. The van der Waals surface area contributed by atoms with Crippen molar-refractivity contribution in [1.29, 1.82) is 0 Å². The first kappa shape index (κ1) is 20.3. The van der Waals surface area contributed by atoms with Crippen molar-refractivity contribution < 1.29 is 4.79 Å². The lowest BCUT2D eigenvalue weighted by atomic mass is 9.93. The Hall–Kier alpha value is -3.47. The quantitative estimate of drug-likeness (QED) is 0.647. The van der Waals surface area contributed by atoms with Crippen LogP contribution in [0.15, 0.2) is 53.6 Å². The molecule has 29 heavy (non-hydrogen) atoms. The molecular formula is C24H25N3O2. The molecule has 0 radical (unpaired) electrons. The third kappa shape index (κ3) is 4.35. The van der Waals surface area contributed by atoms with Gasteiger partial charge in [0, 0.05) is 37.7 Å². The van der Waals surface area contributed by atoms with Crippen LogP contribution < -0.4 is 10.5 Å². The molecule has 0 amide bonds. The first-order valence-corrected chi connectivity index (χ1v) is 9.58. The monoisotopic (exact) mass is 387 g/mol. The number of hydrogen-bond acceptors (Lipinski definition) is 4. The van der Waals surface area contributed by atoms with E-state index in [-0.39, 0.29) is 11.3 Å². The summed E-state index contributed by atoms with van der Waals surface area (Å²) in [6, 6.07) is 11.3. The van der Waals surface area contributed by atoms with E-state index in [1.807, 2.05) is 56.3 Å². The van der Waals surface area contributed by atoms with Gasteiger partial charge in [-0.15, -0.1) is 0 Å². The van der Waals surface area contributed by atoms with Gasteiger partial charge in [-0.05, 0) is 48.2 Å². The lowest BCUT2D eigenvalue weighted by Gasteiger charge is -2.20. The van der Waals surface area contributed by atoms with E-state index in [9.17, 15) is 9.59 Å². The summed E-state index contributed by atoms with van der Waals surface area (Å²) in [6.45, 7) is 3.83. The van der Waals surface area contributed by atoms with Crippen molar-refractivity contribution in [1.82, 2.24) is 9.97 Å². The summed E-state index contributed by atoms with van der Waals surface area (Å²) in [7, 11) is 3.56. The van der Waals surface area contributed by atoms with Crippen LogP contribution in [0.4, 0.5) is 5.69 Å². The maximum atomic E-state index is 13.5. The van der Waals surface area contributed by atoms with Crippen LogP contribution in [0.1, 0.15) is 45.2 Å². The minimum absolute atomic E-state index is 0.140. The van der Waals surface area contributed by atoms with Crippen LogP contribution in [-0.2, 0) is 6.42 Å². The van der Waals surface area contributed by atoms with Gasteiger partial charge in [0.05, 0.1) is 5.56 Å². The molecule has 3 aromatic rings. The van der Waals surface area contributed by atoms with Crippen molar-refractivity contribution in [3.05, 3.63) is 92.7 Å². The van der Waals surface area contributed by atoms with Crippen molar-refractivity contribution in [3.8, 4) is 0 Å². The van der Waals surface area contributed by atoms with Crippen LogP contribution in [0.5, 0.6) is 0 Å². The average Bonchev–Trinajstić information content (AvgIpc) is 2.72. The minimum Gasteiger partial charge on any atom is -0.373 e. The van der Waals surface area contributed by atoms with E-state index in [2.05, 4.69) is 9.97 Å². The standard InChI is InChI=1S/C24H25N3O2/c1-5-20-16(2)26-24(29)22(27(3)4)21(20)23(28)19-8-6-7-18(15-19)10-9-17-11-13-25-14-12-17/h6-15H,5H2,1-4H3,(H,26,29)/b10-9+. The Morgan fingerprint density at radius 3 is 2.45 bits per heavy atom. The molecular weight excluding hydrogens is 362 g/mol. The molecule has 1 N–H and O–H groups in total. The first-order valence-electron chi connectivity index (χ1n) is 9.58. The fourth-order valence-corrected chi connectivity index (χ4v) is 3.46. The van der Waals surface area contributed by atoms with E-state index in [1.54, 1.807) is 37.5 Å². The van der Waals surface area contributed by atoms with Crippen molar-refractivity contribution in [2.75, 3.05) is 19.0 Å². The number of aromatic nitrogens is 2. The molecule has 0 atom stereocenters. The number of benzene rings is 1. The topological polar surface area (TPSA) is 66.1 Å². The number of aryl methyl sites for hydroxylation is 1. The molecule has 0 spiro atoms. The second-order valence-corrected chi connectivity index (χ2v) is 7.10. The molecule has 2 heterocycles. The number of anilines is 1. The van der Waals surface area contributed by atoms with Gasteiger partial charge in [-0.3, -0.25) is 14.6 Å². The molecule has 1 aromatic carbocycles. The van der Waals surface area contributed by atoms with Gasteiger partial charge in [-0.25, -0.2) is 0 Å². The number of carbonyl (C=O) groups is 1. The SMILES string of the molecule is CCc1c(C)[nH]c(=O)c(N(C)C)c1C(=O)c1cccc(/C=C/c2ccncc2)c1. The molecule has 2 aromatic heterocycles. The third-order valence-electron chi connectivity index (χ3n) is 4.86. The van der Waals surface area contributed by atoms with E-state index in [1.165, 1.54) is 0 Å². The van der Waals surface area contributed by atoms with E-state index < -0.39 is 0 Å². The molecule has 3 rings (SSSR count). The Balaban J connectivity index is 2.06. The van der Waals surface area contributed by atoms with Crippen LogP contribution in [0, 0.1) is 6.92 Å². The molecule has 0 aliphatic carbocycles. The zero-order valence-corrected chi connectivity index (χ0v) is 17.2. The van der Waals surface area contributed by atoms with Gasteiger partial charge < -0.3 is 9.88 Å². The maximum Gasteiger partial charge on any atom is 0.272 e. The van der Waals surface area contributed by atoms with Gasteiger partial charge in [0.1, 0.15) is 5.69 Å². The zero-order chi connectivity index (χ0) is 21.0. The number of hydrogen-bond donors (Lipinski definition) is 1. The number of nitrogens with one attached hydrogen (secondary N) is 1. The van der Waals surface area contributed by atoms with Gasteiger partial charge in [0.15, 0.2) is 5.78 Å². The molecule has 0 unspecified atom stereocenters. The third-order valence-corrected chi connectivity index (χ3v) is 4.86. The molecule has 0 saturated heterocycles. The van der Waals surface area contributed by atoms with Gasteiger partial charge in [-0.2, -0.15) is 0 Å². The minimum atomic E-state index is -0.248. The molecule has 148 valence electrons. The van der Waals surface area contributed by atoms with E-state index >= 15 is 0 Å². The Kier molecular flexibility index (Phi) is 6.07. The number of H-pyrrole nitrogens is 1. The van der Waals surface area contributed by atoms with Crippen LogP contribution in [-0.4, -0.2) is 29.8 Å². The first-order chi connectivity index (χ1) is 13.9. The maximum absolute atomic E-state index is 13.5. The van der Waals surface area contributed by atoms with Crippen molar-refractivity contribution in [3.63, 3.8) is 0 Å².